The molecule has 24 heavy (non-hydrogen) atoms. The van der Waals surface area contributed by atoms with Crippen molar-refractivity contribution in [2.24, 2.45) is 5.92 Å². The van der Waals surface area contributed by atoms with E-state index < -0.39 is 0 Å². The number of amides is 2. The first-order valence-corrected chi connectivity index (χ1v) is 8.78. The van der Waals surface area contributed by atoms with Crippen molar-refractivity contribution in [1.82, 2.24) is 10.2 Å². The van der Waals surface area contributed by atoms with Gasteiger partial charge >= 0.3 is 0 Å². The summed E-state index contributed by atoms with van der Waals surface area (Å²) >= 11 is 0. The van der Waals surface area contributed by atoms with Gasteiger partial charge < -0.3 is 15.5 Å². The Labute approximate surface area is 144 Å². The fourth-order valence-corrected chi connectivity index (χ4v) is 3.18. The molecule has 0 aliphatic carbocycles. The third-order valence-electron chi connectivity index (χ3n) is 4.78. The van der Waals surface area contributed by atoms with E-state index in [9.17, 15) is 9.59 Å². The molecule has 5 nitrogen and oxygen atoms in total. The lowest BCUT2D eigenvalue weighted by molar-refractivity contribution is -0.133. The van der Waals surface area contributed by atoms with Crippen molar-refractivity contribution in [1.29, 1.82) is 0 Å². The maximum Gasteiger partial charge on any atom is 0.243 e. The van der Waals surface area contributed by atoms with E-state index in [1.165, 1.54) is 4.90 Å². The molecule has 2 N–H and O–H groups in total. The van der Waals surface area contributed by atoms with E-state index in [4.69, 9.17) is 0 Å². The molecule has 2 rings (SSSR count). The minimum absolute atomic E-state index is 0.0465. The lowest BCUT2D eigenvalue weighted by atomic mass is 9.93. The fraction of sp³-hybridized carbons (Fsp3) is 0.579. The number of likely N-dealkylation sites (N-methyl/N-ethyl adjacent to an activating group) is 1. The van der Waals surface area contributed by atoms with Crippen molar-refractivity contribution in [2.75, 3.05) is 32.0 Å². The van der Waals surface area contributed by atoms with Crippen LogP contribution in [0.15, 0.2) is 18.2 Å². The SMILES string of the molecule is Cc1cccc(C)c1NC(=O)CN(C)C(=O)CCC1CCNCC1. The molecule has 0 spiro atoms. The average molecular weight is 331 g/mol. The molecule has 0 aromatic heterocycles. The highest BCUT2D eigenvalue weighted by Crippen LogP contribution is 2.20. The molecular weight excluding hydrogens is 302 g/mol. The molecule has 0 atom stereocenters. The van der Waals surface area contributed by atoms with Crippen molar-refractivity contribution in [3.05, 3.63) is 29.3 Å². The quantitative estimate of drug-likeness (QED) is 0.842. The summed E-state index contributed by atoms with van der Waals surface area (Å²) in [4.78, 5) is 26.0. The number of piperidine rings is 1. The number of anilines is 1. The zero-order chi connectivity index (χ0) is 17.5. The van der Waals surface area contributed by atoms with Crippen molar-refractivity contribution < 1.29 is 9.59 Å². The number of hydrogen-bond donors (Lipinski definition) is 2. The number of rotatable bonds is 6. The monoisotopic (exact) mass is 331 g/mol. The number of nitrogens with zero attached hydrogens (tertiary/aromatic N) is 1. The van der Waals surface area contributed by atoms with Crippen LogP contribution < -0.4 is 10.6 Å². The van der Waals surface area contributed by atoms with Crippen molar-refractivity contribution in [3.63, 3.8) is 0 Å². The average Bonchev–Trinajstić information content (AvgIpc) is 2.57. The van der Waals surface area contributed by atoms with Gasteiger partial charge in [-0.3, -0.25) is 9.59 Å². The molecule has 1 heterocycles. The third kappa shape index (κ3) is 5.34. The van der Waals surface area contributed by atoms with Crippen LogP contribution in [0.3, 0.4) is 0 Å². The number of para-hydroxylation sites is 1. The number of aryl methyl sites for hydroxylation is 2. The summed E-state index contributed by atoms with van der Waals surface area (Å²) in [5.41, 5.74) is 2.91. The molecule has 1 aromatic rings. The molecule has 2 amide bonds. The smallest absolute Gasteiger partial charge is 0.243 e. The topological polar surface area (TPSA) is 61.4 Å². The molecule has 1 fully saturated rings. The summed E-state index contributed by atoms with van der Waals surface area (Å²) in [6.07, 6.45) is 3.73. The predicted octanol–water partition coefficient (Wildman–Crippen LogP) is 2.48. The molecule has 0 bridgehead atoms. The Kier molecular flexibility index (Phi) is 6.79. The van der Waals surface area contributed by atoms with Crippen LogP contribution in [-0.4, -0.2) is 43.4 Å². The molecular formula is C19H29N3O2. The summed E-state index contributed by atoms with van der Waals surface area (Å²) in [6, 6.07) is 5.91. The van der Waals surface area contributed by atoms with Gasteiger partial charge in [0.05, 0.1) is 6.54 Å². The largest absolute Gasteiger partial charge is 0.336 e. The zero-order valence-electron chi connectivity index (χ0n) is 15.0. The Morgan fingerprint density at radius 3 is 2.46 bits per heavy atom. The maximum atomic E-state index is 12.2. The number of benzene rings is 1. The van der Waals surface area contributed by atoms with Crippen LogP contribution >= 0.6 is 0 Å². The molecule has 0 unspecified atom stereocenters. The standard InChI is InChI=1S/C19H29N3O2/c1-14-5-4-6-15(2)19(14)21-17(23)13-22(3)18(24)8-7-16-9-11-20-12-10-16/h4-6,16,20H,7-13H2,1-3H3,(H,21,23). The van der Waals surface area contributed by atoms with Gasteiger partial charge in [-0.15, -0.1) is 0 Å². The normalized spacial score (nSPS) is 15.1. The summed E-state index contributed by atoms with van der Waals surface area (Å²) < 4.78 is 0. The van der Waals surface area contributed by atoms with Gasteiger partial charge in [0, 0.05) is 19.2 Å². The second-order valence-electron chi connectivity index (χ2n) is 6.80. The first-order valence-electron chi connectivity index (χ1n) is 8.78. The lowest BCUT2D eigenvalue weighted by Crippen LogP contribution is -2.35. The maximum absolute atomic E-state index is 12.2. The molecule has 1 aliphatic heterocycles. The van der Waals surface area contributed by atoms with Crippen molar-refractivity contribution in [2.45, 2.75) is 39.5 Å². The number of carbonyl (C=O) groups excluding carboxylic acids is 2. The van der Waals surface area contributed by atoms with Gasteiger partial charge in [-0.1, -0.05) is 18.2 Å². The number of hydrogen-bond acceptors (Lipinski definition) is 3. The van der Waals surface area contributed by atoms with Crippen molar-refractivity contribution >= 4 is 17.5 Å². The van der Waals surface area contributed by atoms with Crippen LogP contribution in [0.25, 0.3) is 0 Å². The fourth-order valence-electron chi connectivity index (χ4n) is 3.18. The Balaban J connectivity index is 1.79. The Morgan fingerprint density at radius 1 is 1.21 bits per heavy atom. The number of nitrogens with one attached hydrogen (secondary N) is 2. The van der Waals surface area contributed by atoms with E-state index in [0.717, 1.165) is 49.2 Å². The predicted molar refractivity (Wildman–Crippen MR) is 97.0 cm³/mol. The van der Waals surface area contributed by atoms with Crippen molar-refractivity contribution in [3.8, 4) is 0 Å². The Bertz CT molecular complexity index is 560. The molecule has 132 valence electrons. The van der Waals surface area contributed by atoms with Crippen LogP contribution in [0.2, 0.25) is 0 Å². The second kappa shape index (κ2) is 8.83. The highest BCUT2D eigenvalue weighted by molar-refractivity contribution is 5.95. The van der Waals surface area contributed by atoms with Crippen LogP contribution in [0, 0.1) is 19.8 Å². The molecule has 0 saturated carbocycles. The molecule has 1 aromatic carbocycles. The molecule has 1 saturated heterocycles. The highest BCUT2D eigenvalue weighted by atomic mass is 16.2. The Morgan fingerprint density at radius 2 is 1.83 bits per heavy atom. The van der Waals surface area contributed by atoms with Crippen LogP contribution in [0.5, 0.6) is 0 Å². The molecule has 0 radical (unpaired) electrons. The third-order valence-corrected chi connectivity index (χ3v) is 4.78. The van der Waals surface area contributed by atoms with Gasteiger partial charge in [0.2, 0.25) is 11.8 Å². The first-order chi connectivity index (χ1) is 11.5. The van der Waals surface area contributed by atoms with Crippen LogP contribution in [0.1, 0.15) is 36.8 Å². The summed E-state index contributed by atoms with van der Waals surface area (Å²) in [5.74, 6) is 0.530. The number of carbonyl (C=O) groups is 2. The van der Waals surface area contributed by atoms with Gasteiger partial charge in [0.25, 0.3) is 0 Å². The van der Waals surface area contributed by atoms with Gasteiger partial charge in [0.1, 0.15) is 0 Å². The van der Waals surface area contributed by atoms with E-state index in [2.05, 4.69) is 10.6 Å². The van der Waals surface area contributed by atoms with E-state index >= 15 is 0 Å². The van der Waals surface area contributed by atoms with E-state index in [-0.39, 0.29) is 18.4 Å². The van der Waals surface area contributed by atoms with E-state index in [1.807, 2.05) is 32.0 Å². The van der Waals surface area contributed by atoms with Crippen LogP contribution in [0.4, 0.5) is 5.69 Å². The van der Waals surface area contributed by atoms with Gasteiger partial charge in [-0.25, -0.2) is 0 Å². The lowest BCUT2D eigenvalue weighted by Gasteiger charge is -2.23. The summed E-state index contributed by atoms with van der Waals surface area (Å²) in [7, 11) is 1.70. The van der Waals surface area contributed by atoms with Gasteiger partial charge in [-0.05, 0) is 63.2 Å². The Hall–Kier alpha value is -1.88. The minimum atomic E-state index is -0.148. The highest BCUT2D eigenvalue weighted by Gasteiger charge is 2.18. The summed E-state index contributed by atoms with van der Waals surface area (Å²) in [6.45, 7) is 6.13. The van der Waals surface area contributed by atoms with Gasteiger partial charge in [-0.2, -0.15) is 0 Å². The first kappa shape index (κ1) is 18.5. The zero-order valence-corrected chi connectivity index (χ0v) is 15.0. The summed E-state index contributed by atoms with van der Waals surface area (Å²) in [5, 5.41) is 6.26. The molecule has 5 heteroatoms. The second-order valence-corrected chi connectivity index (χ2v) is 6.80. The van der Waals surface area contributed by atoms with E-state index in [1.54, 1.807) is 7.05 Å². The van der Waals surface area contributed by atoms with Crippen LogP contribution in [-0.2, 0) is 9.59 Å². The van der Waals surface area contributed by atoms with Gasteiger partial charge in [0.15, 0.2) is 0 Å². The minimum Gasteiger partial charge on any atom is -0.336 e. The molecule has 1 aliphatic rings. The van der Waals surface area contributed by atoms with E-state index in [0.29, 0.717) is 12.3 Å².